The Hall–Kier alpha value is -3.19. The first kappa shape index (κ1) is 17.2. The van der Waals surface area contributed by atoms with Crippen molar-refractivity contribution >= 4 is 17.9 Å². The van der Waals surface area contributed by atoms with Crippen molar-refractivity contribution in [1.82, 2.24) is 0 Å². The lowest BCUT2D eigenvalue weighted by Gasteiger charge is -2.10. The third kappa shape index (κ3) is 4.40. The summed E-state index contributed by atoms with van der Waals surface area (Å²) in [5.41, 5.74) is 6.48. The SMILES string of the molecule is N[C@@H](Cc1ccc(O)cc1)C(=O)OC(=O)c1ccc(C(=O)O)cc1. The zero-order valence-corrected chi connectivity index (χ0v) is 12.5. The summed E-state index contributed by atoms with van der Waals surface area (Å²) < 4.78 is 4.69. The number of rotatable bonds is 5. The molecule has 0 fully saturated rings. The predicted octanol–water partition coefficient (Wildman–Crippen LogP) is 1.34. The first-order valence-corrected chi connectivity index (χ1v) is 6.99. The molecule has 124 valence electrons. The smallest absolute Gasteiger partial charge is 0.345 e. The van der Waals surface area contributed by atoms with Crippen molar-refractivity contribution in [2.45, 2.75) is 12.5 Å². The molecule has 0 heterocycles. The number of carbonyl (C=O) groups excluding carboxylic acids is 2. The molecule has 7 heteroatoms. The molecular weight excluding hydrogens is 314 g/mol. The van der Waals surface area contributed by atoms with Gasteiger partial charge in [0.2, 0.25) is 0 Å². The zero-order chi connectivity index (χ0) is 17.7. The van der Waals surface area contributed by atoms with E-state index in [-0.39, 0.29) is 23.3 Å². The molecule has 1 atom stereocenters. The number of carbonyl (C=O) groups is 3. The molecule has 0 radical (unpaired) electrons. The number of phenolic OH excluding ortho intramolecular Hbond substituents is 1. The van der Waals surface area contributed by atoms with Gasteiger partial charge in [0.25, 0.3) is 0 Å². The Morgan fingerprint density at radius 2 is 1.50 bits per heavy atom. The van der Waals surface area contributed by atoms with Crippen molar-refractivity contribution in [2.75, 3.05) is 0 Å². The lowest BCUT2D eigenvalue weighted by atomic mass is 10.1. The van der Waals surface area contributed by atoms with Gasteiger partial charge in [0.15, 0.2) is 0 Å². The summed E-state index contributed by atoms with van der Waals surface area (Å²) in [5, 5.41) is 18.0. The Morgan fingerprint density at radius 3 is 2.04 bits per heavy atom. The minimum Gasteiger partial charge on any atom is -0.508 e. The fourth-order valence-corrected chi connectivity index (χ4v) is 1.94. The second-order valence-electron chi connectivity index (χ2n) is 5.07. The van der Waals surface area contributed by atoms with Gasteiger partial charge in [0.05, 0.1) is 11.1 Å². The highest BCUT2D eigenvalue weighted by Crippen LogP contribution is 2.12. The Kier molecular flexibility index (Phi) is 5.28. The van der Waals surface area contributed by atoms with Gasteiger partial charge in [-0.3, -0.25) is 0 Å². The molecule has 0 unspecified atom stereocenters. The number of carboxylic acid groups (broad SMARTS) is 1. The number of benzene rings is 2. The number of hydrogen-bond donors (Lipinski definition) is 3. The van der Waals surface area contributed by atoms with E-state index in [0.29, 0.717) is 5.56 Å². The predicted molar refractivity (Wildman–Crippen MR) is 83.6 cm³/mol. The van der Waals surface area contributed by atoms with Crippen molar-refractivity contribution in [2.24, 2.45) is 5.73 Å². The maximum Gasteiger partial charge on any atom is 0.345 e. The normalized spacial score (nSPS) is 11.5. The second kappa shape index (κ2) is 7.38. The van der Waals surface area contributed by atoms with Crippen LogP contribution in [0, 0.1) is 0 Å². The van der Waals surface area contributed by atoms with Crippen LogP contribution in [0.4, 0.5) is 0 Å². The van der Waals surface area contributed by atoms with E-state index in [1.807, 2.05) is 0 Å². The number of aromatic hydroxyl groups is 1. The standard InChI is InChI=1S/C17H15NO6/c18-14(9-10-1-7-13(19)8-2-10)17(23)24-16(22)12-5-3-11(4-6-12)15(20)21/h1-8,14,19H,9,18H2,(H,20,21)/t14-/m0/s1. The monoisotopic (exact) mass is 329 g/mol. The van der Waals surface area contributed by atoms with E-state index < -0.39 is 23.9 Å². The van der Waals surface area contributed by atoms with E-state index in [0.717, 1.165) is 0 Å². The van der Waals surface area contributed by atoms with Crippen LogP contribution in [0.3, 0.4) is 0 Å². The van der Waals surface area contributed by atoms with E-state index in [1.165, 1.54) is 36.4 Å². The molecule has 2 aromatic rings. The topological polar surface area (TPSA) is 127 Å². The quantitative estimate of drug-likeness (QED) is 0.558. The number of ether oxygens (including phenoxy) is 1. The zero-order valence-electron chi connectivity index (χ0n) is 12.5. The molecule has 4 N–H and O–H groups in total. The number of phenols is 1. The van der Waals surface area contributed by atoms with Crippen LogP contribution in [0.2, 0.25) is 0 Å². The Morgan fingerprint density at radius 1 is 0.958 bits per heavy atom. The van der Waals surface area contributed by atoms with Crippen LogP contribution in [0.25, 0.3) is 0 Å². The molecule has 0 aliphatic carbocycles. The van der Waals surface area contributed by atoms with Crippen LogP contribution in [-0.2, 0) is 16.0 Å². The van der Waals surface area contributed by atoms with Crippen LogP contribution < -0.4 is 5.73 Å². The van der Waals surface area contributed by atoms with Gasteiger partial charge in [-0.2, -0.15) is 0 Å². The van der Waals surface area contributed by atoms with Crippen molar-refractivity contribution in [3.8, 4) is 5.75 Å². The summed E-state index contributed by atoms with van der Waals surface area (Å²) in [7, 11) is 0. The van der Waals surface area contributed by atoms with Crippen molar-refractivity contribution < 1.29 is 29.3 Å². The average molecular weight is 329 g/mol. The third-order valence-electron chi connectivity index (χ3n) is 3.26. The van der Waals surface area contributed by atoms with Gasteiger partial charge in [-0.25, -0.2) is 14.4 Å². The van der Waals surface area contributed by atoms with E-state index in [4.69, 9.17) is 15.6 Å². The fraction of sp³-hybridized carbons (Fsp3) is 0.118. The van der Waals surface area contributed by atoms with Crippen molar-refractivity contribution in [3.05, 3.63) is 65.2 Å². The maximum absolute atomic E-state index is 11.9. The van der Waals surface area contributed by atoms with Gasteiger partial charge in [-0.05, 0) is 48.4 Å². The number of carboxylic acids is 1. The lowest BCUT2D eigenvalue weighted by molar-refractivity contribution is -0.139. The molecular formula is C17H15NO6. The average Bonchev–Trinajstić information content (AvgIpc) is 2.56. The number of esters is 2. The van der Waals surface area contributed by atoms with Gasteiger partial charge < -0.3 is 20.7 Å². The summed E-state index contributed by atoms with van der Waals surface area (Å²) in [6.07, 6.45) is 0.143. The lowest BCUT2D eigenvalue weighted by Crippen LogP contribution is -2.35. The van der Waals surface area contributed by atoms with Crippen LogP contribution in [-0.4, -0.2) is 34.2 Å². The van der Waals surface area contributed by atoms with Gasteiger partial charge in [-0.1, -0.05) is 12.1 Å². The molecule has 7 nitrogen and oxygen atoms in total. The first-order valence-electron chi connectivity index (χ1n) is 6.99. The van der Waals surface area contributed by atoms with Gasteiger partial charge in [-0.15, -0.1) is 0 Å². The van der Waals surface area contributed by atoms with E-state index in [9.17, 15) is 19.5 Å². The number of nitrogens with two attached hydrogens (primary N) is 1. The van der Waals surface area contributed by atoms with Crippen LogP contribution >= 0.6 is 0 Å². The minimum absolute atomic E-state index is 0.0157. The van der Waals surface area contributed by atoms with E-state index >= 15 is 0 Å². The molecule has 0 spiro atoms. The molecule has 0 aliphatic heterocycles. The van der Waals surface area contributed by atoms with Crippen LogP contribution in [0.1, 0.15) is 26.3 Å². The fourth-order valence-electron chi connectivity index (χ4n) is 1.94. The van der Waals surface area contributed by atoms with Gasteiger partial charge >= 0.3 is 17.9 Å². The number of hydrogen-bond acceptors (Lipinski definition) is 6. The first-order chi connectivity index (χ1) is 11.4. The summed E-state index contributed by atoms with van der Waals surface area (Å²) >= 11 is 0. The van der Waals surface area contributed by atoms with Crippen LogP contribution in [0.15, 0.2) is 48.5 Å². The van der Waals surface area contributed by atoms with Crippen molar-refractivity contribution in [1.29, 1.82) is 0 Å². The Bertz CT molecular complexity index is 752. The summed E-state index contributed by atoms with van der Waals surface area (Å²) in [6, 6.07) is 10.1. The van der Waals surface area contributed by atoms with Crippen LogP contribution in [0.5, 0.6) is 5.75 Å². The molecule has 2 aromatic carbocycles. The highest BCUT2D eigenvalue weighted by Gasteiger charge is 2.20. The van der Waals surface area contributed by atoms with Crippen molar-refractivity contribution in [3.63, 3.8) is 0 Å². The second-order valence-corrected chi connectivity index (χ2v) is 5.07. The van der Waals surface area contributed by atoms with E-state index in [1.54, 1.807) is 12.1 Å². The Labute approximate surface area is 137 Å². The summed E-state index contributed by atoms with van der Waals surface area (Å²) in [6.45, 7) is 0. The molecule has 0 amide bonds. The molecule has 0 saturated heterocycles. The Balaban J connectivity index is 1.96. The van der Waals surface area contributed by atoms with E-state index in [2.05, 4.69) is 0 Å². The highest BCUT2D eigenvalue weighted by molar-refractivity contribution is 5.99. The molecule has 0 saturated carbocycles. The summed E-state index contributed by atoms with van der Waals surface area (Å²) in [4.78, 5) is 34.5. The van der Waals surface area contributed by atoms with Gasteiger partial charge in [0.1, 0.15) is 11.8 Å². The number of aromatic carboxylic acids is 1. The minimum atomic E-state index is -1.12. The summed E-state index contributed by atoms with van der Waals surface area (Å²) in [5.74, 6) is -2.83. The molecule has 0 bridgehead atoms. The third-order valence-corrected chi connectivity index (χ3v) is 3.26. The largest absolute Gasteiger partial charge is 0.508 e. The highest BCUT2D eigenvalue weighted by atomic mass is 16.6. The molecule has 0 aromatic heterocycles. The molecule has 24 heavy (non-hydrogen) atoms. The maximum atomic E-state index is 11.9. The molecule has 2 rings (SSSR count). The molecule has 0 aliphatic rings. The van der Waals surface area contributed by atoms with Gasteiger partial charge in [0, 0.05) is 0 Å².